The highest BCUT2D eigenvalue weighted by Gasteiger charge is 2.14. The summed E-state index contributed by atoms with van der Waals surface area (Å²) in [6.07, 6.45) is 0.580. The largest absolute Gasteiger partial charge is 0.466 e. The molecule has 1 unspecified atom stereocenters. The van der Waals surface area contributed by atoms with E-state index in [0.29, 0.717) is 6.42 Å². The third-order valence-electron chi connectivity index (χ3n) is 2.86. The number of rotatable bonds is 3. The fourth-order valence-electron chi connectivity index (χ4n) is 2.11. The molecule has 2 nitrogen and oxygen atoms in total. The summed E-state index contributed by atoms with van der Waals surface area (Å²) in [6, 6.07) is 6.57. The Morgan fingerprint density at radius 1 is 1.28 bits per heavy atom. The lowest BCUT2D eigenvalue weighted by atomic mass is 10.00. The third-order valence-corrected chi connectivity index (χ3v) is 3.31. The minimum atomic E-state index is -0.258. The number of benzene rings is 1. The van der Waals surface area contributed by atoms with Gasteiger partial charge in [0.1, 0.15) is 17.3 Å². The van der Waals surface area contributed by atoms with Gasteiger partial charge in [0.25, 0.3) is 0 Å². The predicted molar refractivity (Wildman–Crippen MR) is 72.9 cm³/mol. The molecule has 4 heteroatoms. The average Bonchev–Trinajstić information content (AvgIpc) is 2.56. The molecular weight excluding hydrogens is 297 g/mol. The first-order chi connectivity index (χ1) is 8.45. The second-order valence-corrected chi connectivity index (χ2v) is 5.37. The van der Waals surface area contributed by atoms with E-state index in [1.165, 1.54) is 12.1 Å². The van der Waals surface area contributed by atoms with Gasteiger partial charge in [0.2, 0.25) is 0 Å². The van der Waals surface area contributed by atoms with Crippen LogP contribution in [-0.2, 0) is 6.42 Å². The zero-order valence-corrected chi connectivity index (χ0v) is 11.9. The molecule has 1 atom stereocenters. The van der Waals surface area contributed by atoms with E-state index in [2.05, 4.69) is 15.9 Å². The van der Waals surface area contributed by atoms with Gasteiger partial charge in [-0.2, -0.15) is 0 Å². The minimum Gasteiger partial charge on any atom is -0.466 e. The topological polar surface area (TPSA) is 39.2 Å². The average molecular weight is 312 g/mol. The van der Waals surface area contributed by atoms with Gasteiger partial charge in [-0.25, -0.2) is 4.39 Å². The second kappa shape index (κ2) is 5.24. The van der Waals surface area contributed by atoms with E-state index in [1.807, 2.05) is 26.0 Å². The Morgan fingerprint density at radius 3 is 2.56 bits per heavy atom. The highest BCUT2D eigenvalue weighted by molar-refractivity contribution is 9.10. The van der Waals surface area contributed by atoms with Crippen molar-refractivity contribution in [3.63, 3.8) is 0 Å². The van der Waals surface area contributed by atoms with Crippen LogP contribution in [0, 0.1) is 19.7 Å². The summed E-state index contributed by atoms with van der Waals surface area (Å²) in [6.45, 7) is 3.78. The van der Waals surface area contributed by atoms with E-state index < -0.39 is 0 Å². The molecule has 2 N–H and O–H groups in total. The maximum Gasteiger partial charge on any atom is 0.124 e. The summed E-state index contributed by atoms with van der Waals surface area (Å²) in [5, 5.41) is 0. The van der Waals surface area contributed by atoms with E-state index in [0.717, 1.165) is 27.1 Å². The van der Waals surface area contributed by atoms with Gasteiger partial charge in [-0.05, 0) is 50.1 Å². The Morgan fingerprint density at radius 2 is 2.00 bits per heavy atom. The molecule has 0 fully saturated rings. The summed E-state index contributed by atoms with van der Waals surface area (Å²) in [7, 11) is 0. The van der Waals surface area contributed by atoms with Gasteiger partial charge >= 0.3 is 0 Å². The van der Waals surface area contributed by atoms with E-state index in [4.69, 9.17) is 10.2 Å². The number of halogens is 2. The van der Waals surface area contributed by atoms with Crippen molar-refractivity contribution in [2.75, 3.05) is 0 Å². The van der Waals surface area contributed by atoms with Crippen LogP contribution in [0.2, 0.25) is 0 Å². The fourth-order valence-corrected chi connectivity index (χ4v) is 2.62. The molecule has 0 spiro atoms. The van der Waals surface area contributed by atoms with Crippen molar-refractivity contribution in [2.24, 2.45) is 5.73 Å². The predicted octanol–water partition coefficient (Wildman–Crippen LogP) is 4.04. The zero-order chi connectivity index (χ0) is 13.3. The quantitative estimate of drug-likeness (QED) is 0.929. The highest BCUT2D eigenvalue weighted by atomic mass is 79.9. The lowest BCUT2D eigenvalue weighted by Gasteiger charge is -2.11. The van der Waals surface area contributed by atoms with E-state index in [-0.39, 0.29) is 11.9 Å². The van der Waals surface area contributed by atoms with Crippen LogP contribution in [0.3, 0.4) is 0 Å². The van der Waals surface area contributed by atoms with Gasteiger partial charge in [0.05, 0.1) is 0 Å². The molecular formula is C14H15BrFNO. The molecule has 0 saturated carbocycles. The van der Waals surface area contributed by atoms with Crippen molar-refractivity contribution in [3.8, 4) is 0 Å². The Bertz CT molecular complexity index is 545. The van der Waals surface area contributed by atoms with Crippen LogP contribution < -0.4 is 5.73 Å². The second-order valence-electron chi connectivity index (χ2n) is 4.46. The van der Waals surface area contributed by atoms with Crippen molar-refractivity contribution in [1.82, 2.24) is 0 Å². The molecule has 2 rings (SSSR count). The summed E-state index contributed by atoms with van der Waals surface area (Å²) in [5.41, 5.74) is 7.99. The molecule has 0 aliphatic heterocycles. The lowest BCUT2D eigenvalue weighted by Crippen LogP contribution is -2.13. The SMILES string of the molecule is Cc1cc(C(N)Cc2cc(F)cc(Br)c2)c(C)o1. The Hall–Kier alpha value is -1.13. The number of aryl methyl sites for hydroxylation is 2. The number of hydrogen-bond donors (Lipinski definition) is 1. The van der Waals surface area contributed by atoms with Crippen molar-refractivity contribution in [3.05, 3.63) is 57.2 Å². The van der Waals surface area contributed by atoms with Crippen LogP contribution in [0.15, 0.2) is 33.2 Å². The van der Waals surface area contributed by atoms with Crippen molar-refractivity contribution < 1.29 is 8.81 Å². The molecule has 0 saturated heterocycles. The molecule has 1 aromatic heterocycles. The van der Waals surface area contributed by atoms with E-state index >= 15 is 0 Å². The van der Waals surface area contributed by atoms with Gasteiger partial charge in [-0.3, -0.25) is 0 Å². The van der Waals surface area contributed by atoms with Crippen LogP contribution in [-0.4, -0.2) is 0 Å². The molecule has 0 aliphatic carbocycles. The summed E-state index contributed by atoms with van der Waals surface area (Å²) in [4.78, 5) is 0. The molecule has 0 aliphatic rings. The molecule has 2 aromatic rings. The van der Waals surface area contributed by atoms with Crippen LogP contribution in [0.1, 0.15) is 28.7 Å². The molecule has 96 valence electrons. The highest BCUT2D eigenvalue weighted by Crippen LogP contribution is 2.24. The number of hydrogen-bond acceptors (Lipinski definition) is 2. The van der Waals surface area contributed by atoms with Gasteiger partial charge in [0, 0.05) is 16.1 Å². The van der Waals surface area contributed by atoms with E-state index in [9.17, 15) is 4.39 Å². The number of furan rings is 1. The number of nitrogens with two attached hydrogens (primary N) is 1. The van der Waals surface area contributed by atoms with E-state index in [1.54, 1.807) is 0 Å². The van der Waals surface area contributed by atoms with Crippen molar-refractivity contribution in [2.45, 2.75) is 26.3 Å². The molecule has 18 heavy (non-hydrogen) atoms. The maximum atomic E-state index is 13.3. The Balaban J connectivity index is 2.20. The monoisotopic (exact) mass is 311 g/mol. The molecule has 0 bridgehead atoms. The van der Waals surface area contributed by atoms with Gasteiger partial charge in [0.15, 0.2) is 0 Å². The standard InChI is InChI=1S/C14H15BrFNO/c1-8-3-13(9(2)18-8)14(17)6-10-4-11(15)7-12(16)5-10/h3-5,7,14H,6,17H2,1-2H3. The van der Waals surface area contributed by atoms with Crippen LogP contribution in [0.5, 0.6) is 0 Å². The summed E-state index contributed by atoms with van der Waals surface area (Å²) >= 11 is 3.28. The third kappa shape index (κ3) is 3.00. The van der Waals surface area contributed by atoms with Crippen LogP contribution >= 0.6 is 15.9 Å². The molecule has 0 amide bonds. The van der Waals surface area contributed by atoms with Crippen LogP contribution in [0.4, 0.5) is 4.39 Å². The molecule has 0 radical (unpaired) electrons. The Labute approximate surface area is 114 Å². The Kier molecular flexibility index (Phi) is 3.88. The molecule has 1 aromatic carbocycles. The first kappa shape index (κ1) is 13.3. The van der Waals surface area contributed by atoms with Gasteiger partial charge < -0.3 is 10.2 Å². The lowest BCUT2D eigenvalue weighted by molar-refractivity contribution is 0.497. The fraction of sp³-hybridized carbons (Fsp3) is 0.286. The normalized spacial score (nSPS) is 12.7. The summed E-state index contributed by atoms with van der Waals surface area (Å²) < 4.78 is 19.5. The van der Waals surface area contributed by atoms with Crippen molar-refractivity contribution in [1.29, 1.82) is 0 Å². The van der Waals surface area contributed by atoms with Gasteiger partial charge in [-0.15, -0.1) is 0 Å². The van der Waals surface area contributed by atoms with Crippen molar-refractivity contribution >= 4 is 15.9 Å². The van der Waals surface area contributed by atoms with Gasteiger partial charge in [-0.1, -0.05) is 15.9 Å². The first-order valence-corrected chi connectivity index (χ1v) is 6.52. The summed E-state index contributed by atoms with van der Waals surface area (Å²) in [5.74, 6) is 1.42. The smallest absolute Gasteiger partial charge is 0.124 e. The first-order valence-electron chi connectivity index (χ1n) is 5.73. The van der Waals surface area contributed by atoms with Crippen LogP contribution in [0.25, 0.3) is 0 Å². The minimum absolute atomic E-state index is 0.184. The zero-order valence-electron chi connectivity index (χ0n) is 10.3. The maximum absolute atomic E-state index is 13.3. The molecule has 1 heterocycles.